The maximum atomic E-state index is 12.5. The number of fused-ring (bicyclic) bond motifs is 1. The fourth-order valence-corrected chi connectivity index (χ4v) is 3.47. The van der Waals surface area contributed by atoms with Gasteiger partial charge in [-0.25, -0.2) is 10.2 Å². The van der Waals surface area contributed by atoms with Crippen LogP contribution < -0.4 is 16.7 Å². The summed E-state index contributed by atoms with van der Waals surface area (Å²) >= 11 is 0. The highest BCUT2D eigenvalue weighted by Gasteiger charge is 2.17. The van der Waals surface area contributed by atoms with Gasteiger partial charge in [-0.15, -0.1) is 0 Å². The van der Waals surface area contributed by atoms with Crippen LogP contribution in [0.3, 0.4) is 0 Å². The van der Waals surface area contributed by atoms with Gasteiger partial charge in [-0.2, -0.15) is 10.1 Å². The summed E-state index contributed by atoms with van der Waals surface area (Å²) in [6, 6.07) is 6.06. The number of non-ortho nitro benzene ring substituents is 1. The Kier molecular flexibility index (Phi) is 7.53. The zero-order valence-electron chi connectivity index (χ0n) is 18.2. The van der Waals surface area contributed by atoms with E-state index >= 15 is 0 Å². The predicted molar refractivity (Wildman–Crippen MR) is 123 cm³/mol. The Morgan fingerprint density at radius 3 is 2.72 bits per heavy atom. The minimum atomic E-state index is -0.543. The van der Waals surface area contributed by atoms with Crippen molar-refractivity contribution in [2.24, 2.45) is 12.1 Å². The van der Waals surface area contributed by atoms with E-state index in [0.717, 1.165) is 19.3 Å². The fourth-order valence-electron chi connectivity index (χ4n) is 3.47. The molecule has 0 saturated carbocycles. The molecular weight excluding hydrogens is 414 g/mol. The van der Waals surface area contributed by atoms with Crippen molar-refractivity contribution in [3.8, 4) is 0 Å². The van der Waals surface area contributed by atoms with Gasteiger partial charge < -0.3 is 4.57 Å². The van der Waals surface area contributed by atoms with Crippen molar-refractivity contribution in [3.05, 3.63) is 60.8 Å². The quantitative estimate of drug-likeness (QED) is 0.203. The van der Waals surface area contributed by atoms with Crippen LogP contribution in [0.15, 0.2) is 39.0 Å². The van der Waals surface area contributed by atoms with Crippen molar-refractivity contribution in [1.29, 1.82) is 0 Å². The summed E-state index contributed by atoms with van der Waals surface area (Å²) in [7, 11) is 1.54. The van der Waals surface area contributed by atoms with E-state index in [1.54, 1.807) is 23.7 Å². The smallest absolute Gasteiger partial charge is 0.303 e. The summed E-state index contributed by atoms with van der Waals surface area (Å²) in [6.45, 7) is 2.71. The third-order valence-electron chi connectivity index (χ3n) is 5.20. The zero-order chi connectivity index (χ0) is 23.1. The Balaban J connectivity index is 1.86. The number of H-pyrrole nitrogens is 1. The first kappa shape index (κ1) is 22.9. The van der Waals surface area contributed by atoms with Gasteiger partial charge in [-0.1, -0.05) is 51.2 Å². The number of nitrogens with zero attached hydrogens (tertiary/aromatic N) is 5. The summed E-state index contributed by atoms with van der Waals surface area (Å²) in [5, 5.41) is 15.1. The topological polar surface area (TPSA) is 140 Å². The second kappa shape index (κ2) is 10.5. The molecule has 2 heterocycles. The van der Waals surface area contributed by atoms with Crippen molar-refractivity contribution in [3.63, 3.8) is 0 Å². The Morgan fingerprint density at radius 1 is 1.22 bits per heavy atom. The number of nitro groups is 1. The minimum Gasteiger partial charge on any atom is -0.303 e. The van der Waals surface area contributed by atoms with Crippen molar-refractivity contribution >= 4 is 29.0 Å². The number of aryl methyl sites for hydroxylation is 2. The summed E-state index contributed by atoms with van der Waals surface area (Å²) in [5.41, 5.74) is 2.84. The average molecular weight is 441 g/mol. The van der Waals surface area contributed by atoms with Gasteiger partial charge in [0.1, 0.15) is 0 Å². The molecule has 170 valence electrons. The lowest BCUT2D eigenvalue weighted by atomic mass is 10.1. The third kappa shape index (κ3) is 5.29. The molecule has 0 amide bonds. The van der Waals surface area contributed by atoms with Crippen molar-refractivity contribution < 1.29 is 4.92 Å². The van der Waals surface area contributed by atoms with Gasteiger partial charge in [0.15, 0.2) is 11.2 Å². The normalized spacial score (nSPS) is 11.4. The van der Waals surface area contributed by atoms with E-state index in [2.05, 4.69) is 27.4 Å². The number of aromatic amines is 1. The van der Waals surface area contributed by atoms with E-state index < -0.39 is 16.2 Å². The maximum absolute atomic E-state index is 12.5. The number of unbranched alkanes of at least 4 members (excludes halogenated alkanes) is 5. The second-order valence-electron chi connectivity index (χ2n) is 7.57. The zero-order valence-corrected chi connectivity index (χ0v) is 18.2. The maximum Gasteiger partial charge on any atom is 0.329 e. The molecule has 0 aliphatic carbocycles. The van der Waals surface area contributed by atoms with E-state index in [-0.39, 0.29) is 11.3 Å². The van der Waals surface area contributed by atoms with Crippen LogP contribution in [-0.4, -0.2) is 30.2 Å². The molecule has 2 N–H and O–H groups in total. The molecule has 0 radical (unpaired) electrons. The number of nitrogens with one attached hydrogen (secondary N) is 2. The van der Waals surface area contributed by atoms with Gasteiger partial charge in [-0.3, -0.25) is 24.5 Å². The SMILES string of the molecule is CCCCCCCCn1c(NN=Cc2cccc([N+](=O)[O-])c2)nc2c1c(=O)[nH]c(=O)n2C. The molecule has 0 unspecified atom stereocenters. The first-order valence-corrected chi connectivity index (χ1v) is 10.7. The molecule has 11 nitrogen and oxygen atoms in total. The number of hydrogen-bond acceptors (Lipinski definition) is 7. The standard InChI is InChI=1S/C21H27N7O4/c1-3-4-5-6-7-8-12-27-17-18(26(2)21(30)24-19(17)29)23-20(27)25-22-14-15-10-9-11-16(13-15)28(31)32/h9-11,13-14H,3-8,12H2,1-2H3,(H,23,25)(H,24,29,30). The number of benzene rings is 1. The summed E-state index contributed by atoms with van der Waals surface area (Å²) < 4.78 is 3.00. The lowest BCUT2D eigenvalue weighted by Gasteiger charge is -2.08. The first-order valence-electron chi connectivity index (χ1n) is 10.7. The fraction of sp³-hybridized carbons (Fsp3) is 0.429. The van der Waals surface area contributed by atoms with Crippen LogP contribution in [-0.2, 0) is 13.6 Å². The van der Waals surface area contributed by atoms with E-state index in [0.29, 0.717) is 23.6 Å². The molecule has 3 rings (SSSR count). The molecule has 2 aromatic heterocycles. The monoisotopic (exact) mass is 441 g/mol. The molecule has 0 saturated heterocycles. The number of nitro benzene ring substituents is 1. The molecule has 1 aromatic carbocycles. The van der Waals surface area contributed by atoms with E-state index in [1.165, 1.54) is 42.2 Å². The van der Waals surface area contributed by atoms with Crippen LogP contribution in [0.25, 0.3) is 11.2 Å². The van der Waals surface area contributed by atoms with Crippen LogP contribution in [0, 0.1) is 10.1 Å². The highest BCUT2D eigenvalue weighted by molar-refractivity contribution is 5.81. The summed E-state index contributed by atoms with van der Waals surface area (Å²) in [5.74, 6) is 0.321. The Bertz CT molecular complexity index is 1240. The van der Waals surface area contributed by atoms with E-state index in [9.17, 15) is 19.7 Å². The van der Waals surface area contributed by atoms with Crippen molar-refractivity contribution in [2.75, 3.05) is 5.43 Å². The van der Waals surface area contributed by atoms with E-state index in [4.69, 9.17) is 0 Å². The Morgan fingerprint density at radius 2 is 1.97 bits per heavy atom. The summed E-state index contributed by atoms with van der Waals surface area (Å²) in [6.07, 6.45) is 7.96. The third-order valence-corrected chi connectivity index (χ3v) is 5.20. The number of rotatable bonds is 11. The highest BCUT2D eigenvalue weighted by atomic mass is 16.6. The van der Waals surface area contributed by atoms with Gasteiger partial charge in [-0.05, 0) is 6.42 Å². The molecule has 32 heavy (non-hydrogen) atoms. The molecular formula is C21H27N7O4. The largest absolute Gasteiger partial charge is 0.329 e. The van der Waals surface area contributed by atoms with Crippen LogP contribution in [0.2, 0.25) is 0 Å². The van der Waals surface area contributed by atoms with Crippen molar-refractivity contribution in [1.82, 2.24) is 19.1 Å². The van der Waals surface area contributed by atoms with E-state index in [1.807, 2.05) is 0 Å². The summed E-state index contributed by atoms with van der Waals surface area (Å²) in [4.78, 5) is 41.7. The Hall–Kier alpha value is -3.76. The van der Waals surface area contributed by atoms with Gasteiger partial charge >= 0.3 is 5.69 Å². The first-order chi connectivity index (χ1) is 15.4. The second-order valence-corrected chi connectivity index (χ2v) is 7.57. The lowest BCUT2D eigenvalue weighted by molar-refractivity contribution is -0.384. The number of imidazole rings is 1. The van der Waals surface area contributed by atoms with Crippen LogP contribution in [0.4, 0.5) is 11.6 Å². The van der Waals surface area contributed by atoms with Gasteiger partial charge in [0, 0.05) is 31.3 Å². The van der Waals surface area contributed by atoms with Crippen molar-refractivity contribution in [2.45, 2.75) is 52.0 Å². The number of aromatic nitrogens is 4. The van der Waals surface area contributed by atoms with Crippen LogP contribution in [0.1, 0.15) is 51.0 Å². The number of anilines is 1. The lowest BCUT2D eigenvalue weighted by Crippen LogP contribution is -2.29. The molecule has 0 aliphatic rings. The molecule has 3 aromatic rings. The predicted octanol–water partition coefficient (Wildman–Crippen LogP) is 3.14. The number of hydrazone groups is 1. The molecule has 0 spiro atoms. The molecule has 0 bridgehead atoms. The highest BCUT2D eigenvalue weighted by Crippen LogP contribution is 2.18. The van der Waals surface area contributed by atoms with Gasteiger partial charge in [0.25, 0.3) is 11.2 Å². The molecule has 11 heteroatoms. The number of hydrogen-bond donors (Lipinski definition) is 2. The molecule has 0 fully saturated rings. The van der Waals surface area contributed by atoms with Gasteiger partial charge in [0.2, 0.25) is 5.95 Å². The Labute approximate surface area is 183 Å². The van der Waals surface area contributed by atoms with Crippen LogP contribution >= 0.6 is 0 Å². The van der Waals surface area contributed by atoms with Crippen LogP contribution in [0.5, 0.6) is 0 Å². The van der Waals surface area contributed by atoms with Gasteiger partial charge in [0.05, 0.1) is 11.1 Å². The minimum absolute atomic E-state index is 0.0363. The average Bonchev–Trinajstić information content (AvgIpc) is 3.14. The molecule has 0 atom stereocenters. The molecule has 0 aliphatic heterocycles.